The molecule has 17 heavy (non-hydrogen) atoms. The van der Waals surface area contributed by atoms with Gasteiger partial charge in [-0.05, 0) is 50.6 Å². The number of carboxylic acids is 1. The van der Waals surface area contributed by atoms with Crippen molar-refractivity contribution in [2.75, 3.05) is 5.75 Å². The first-order chi connectivity index (χ1) is 7.92. The summed E-state index contributed by atoms with van der Waals surface area (Å²) >= 11 is 5.19. The fraction of sp³-hybridized carbons (Fsp3) is 0.462. The SMILES string of the molecule is CC(C)(CCCSc1cccc(Br)c1)C(=O)O. The van der Waals surface area contributed by atoms with E-state index in [-0.39, 0.29) is 0 Å². The van der Waals surface area contributed by atoms with Gasteiger partial charge in [-0.2, -0.15) is 0 Å². The standard InChI is InChI=1S/C13H17BrO2S/c1-13(2,12(15)16)7-4-8-17-11-6-3-5-10(14)9-11/h3,5-6,9H,4,7-8H2,1-2H3,(H,15,16). The highest BCUT2D eigenvalue weighted by Gasteiger charge is 2.25. The van der Waals surface area contributed by atoms with Crippen LogP contribution in [0.15, 0.2) is 33.6 Å². The lowest BCUT2D eigenvalue weighted by Crippen LogP contribution is -2.23. The maximum atomic E-state index is 10.9. The second-order valence-corrected chi connectivity index (χ2v) is 6.68. The number of rotatable bonds is 6. The van der Waals surface area contributed by atoms with E-state index in [1.54, 1.807) is 25.6 Å². The molecule has 0 aliphatic heterocycles. The lowest BCUT2D eigenvalue weighted by Gasteiger charge is -2.18. The molecule has 0 heterocycles. The number of carboxylic acid groups (broad SMARTS) is 1. The van der Waals surface area contributed by atoms with Gasteiger partial charge in [-0.3, -0.25) is 4.79 Å². The molecule has 0 saturated heterocycles. The zero-order valence-corrected chi connectivity index (χ0v) is 12.5. The van der Waals surface area contributed by atoms with Crippen LogP contribution in [0, 0.1) is 5.41 Å². The maximum absolute atomic E-state index is 10.9. The summed E-state index contributed by atoms with van der Waals surface area (Å²) in [4.78, 5) is 12.1. The maximum Gasteiger partial charge on any atom is 0.309 e. The van der Waals surface area contributed by atoms with E-state index in [9.17, 15) is 4.79 Å². The van der Waals surface area contributed by atoms with Crippen molar-refractivity contribution in [2.24, 2.45) is 5.41 Å². The van der Waals surface area contributed by atoms with Crippen LogP contribution in [0.3, 0.4) is 0 Å². The van der Waals surface area contributed by atoms with Gasteiger partial charge in [-0.1, -0.05) is 22.0 Å². The Morgan fingerprint density at radius 1 is 1.47 bits per heavy atom. The highest BCUT2D eigenvalue weighted by atomic mass is 79.9. The van der Waals surface area contributed by atoms with E-state index < -0.39 is 11.4 Å². The summed E-state index contributed by atoms with van der Waals surface area (Å²) < 4.78 is 1.08. The molecule has 1 aromatic carbocycles. The molecule has 0 atom stereocenters. The van der Waals surface area contributed by atoms with Crippen molar-refractivity contribution in [3.63, 3.8) is 0 Å². The van der Waals surface area contributed by atoms with E-state index >= 15 is 0 Å². The summed E-state index contributed by atoms with van der Waals surface area (Å²) in [6.07, 6.45) is 1.62. The van der Waals surface area contributed by atoms with Crippen molar-refractivity contribution in [1.29, 1.82) is 0 Å². The average molecular weight is 317 g/mol. The number of hydrogen-bond donors (Lipinski definition) is 1. The second-order valence-electron chi connectivity index (χ2n) is 4.60. The minimum Gasteiger partial charge on any atom is -0.481 e. The van der Waals surface area contributed by atoms with Crippen LogP contribution in [0.1, 0.15) is 26.7 Å². The van der Waals surface area contributed by atoms with Gasteiger partial charge in [-0.15, -0.1) is 11.8 Å². The molecule has 0 aliphatic rings. The van der Waals surface area contributed by atoms with E-state index in [2.05, 4.69) is 28.1 Å². The molecule has 1 rings (SSSR count). The third kappa shape index (κ3) is 5.13. The van der Waals surface area contributed by atoms with Crippen LogP contribution in [0.4, 0.5) is 0 Å². The zero-order valence-electron chi connectivity index (χ0n) is 10.1. The van der Waals surface area contributed by atoms with Crippen molar-refractivity contribution in [1.82, 2.24) is 0 Å². The Balaban J connectivity index is 2.32. The molecule has 0 aliphatic carbocycles. The molecule has 1 N–H and O–H groups in total. The Morgan fingerprint density at radius 3 is 2.76 bits per heavy atom. The largest absolute Gasteiger partial charge is 0.481 e. The second kappa shape index (κ2) is 6.45. The van der Waals surface area contributed by atoms with Crippen LogP contribution >= 0.6 is 27.7 Å². The van der Waals surface area contributed by atoms with Crippen LogP contribution in [0.25, 0.3) is 0 Å². The smallest absolute Gasteiger partial charge is 0.309 e. The third-order valence-electron chi connectivity index (χ3n) is 2.59. The molecule has 0 amide bonds. The average Bonchev–Trinajstić information content (AvgIpc) is 2.24. The molecule has 4 heteroatoms. The lowest BCUT2D eigenvalue weighted by atomic mass is 9.88. The number of halogens is 1. The topological polar surface area (TPSA) is 37.3 Å². The first-order valence-corrected chi connectivity index (χ1v) is 7.31. The molecule has 0 saturated carbocycles. The summed E-state index contributed by atoms with van der Waals surface area (Å²) in [5.41, 5.74) is -0.613. The molecule has 0 fully saturated rings. The van der Waals surface area contributed by atoms with Crippen molar-refractivity contribution < 1.29 is 9.90 Å². The van der Waals surface area contributed by atoms with E-state index in [0.29, 0.717) is 6.42 Å². The summed E-state index contributed by atoms with van der Waals surface area (Å²) in [5, 5.41) is 8.98. The van der Waals surface area contributed by atoms with Gasteiger partial charge < -0.3 is 5.11 Å². The van der Waals surface area contributed by atoms with E-state index in [0.717, 1.165) is 16.6 Å². The fourth-order valence-electron chi connectivity index (χ4n) is 1.37. The first-order valence-electron chi connectivity index (χ1n) is 5.53. The lowest BCUT2D eigenvalue weighted by molar-refractivity contribution is -0.147. The zero-order chi connectivity index (χ0) is 12.9. The molecule has 0 unspecified atom stereocenters. The molecule has 1 aromatic rings. The summed E-state index contributed by atoms with van der Waals surface area (Å²) in [6.45, 7) is 3.55. The van der Waals surface area contributed by atoms with E-state index in [4.69, 9.17) is 5.11 Å². The first kappa shape index (κ1) is 14.6. The van der Waals surface area contributed by atoms with Crippen LogP contribution in [0.5, 0.6) is 0 Å². The van der Waals surface area contributed by atoms with Crippen molar-refractivity contribution in [3.8, 4) is 0 Å². The molecular formula is C13H17BrO2S. The normalized spacial score (nSPS) is 11.5. The Labute approximate surface area is 115 Å². The number of thioether (sulfide) groups is 1. The van der Waals surface area contributed by atoms with Gasteiger partial charge in [0.15, 0.2) is 0 Å². The molecular weight excluding hydrogens is 300 g/mol. The Kier molecular flexibility index (Phi) is 5.53. The number of aliphatic carboxylic acids is 1. The third-order valence-corrected chi connectivity index (χ3v) is 4.16. The predicted molar refractivity (Wildman–Crippen MR) is 75.5 cm³/mol. The van der Waals surface area contributed by atoms with E-state index in [1.807, 2.05) is 12.1 Å². The van der Waals surface area contributed by atoms with Crippen molar-refractivity contribution in [3.05, 3.63) is 28.7 Å². The van der Waals surface area contributed by atoms with Gasteiger partial charge >= 0.3 is 5.97 Å². The molecule has 2 nitrogen and oxygen atoms in total. The fourth-order valence-corrected chi connectivity index (χ4v) is 2.83. The predicted octanol–water partition coefficient (Wildman–Crippen LogP) is 4.43. The van der Waals surface area contributed by atoms with Crippen LogP contribution in [-0.4, -0.2) is 16.8 Å². The van der Waals surface area contributed by atoms with E-state index in [1.165, 1.54) is 4.90 Å². The number of benzene rings is 1. The summed E-state index contributed by atoms with van der Waals surface area (Å²) in [6, 6.07) is 8.15. The molecule has 0 bridgehead atoms. The molecule has 0 radical (unpaired) electrons. The Morgan fingerprint density at radius 2 is 2.18 bits per heavy atom. The van der Waals surface area contributed by atoms with Crippen LogP contribution in [0.2, 0.25) is 0 Å². The van der Waals surface area contributed by atoms with Gasteiger partial charge in [0.2, 0.25) is 0 Å². The van der Waals surface area contributed by atoms with Crippen LogP contribution < -0.4 is 0 Å². The number of hydrogen-bond acceptors (Lipinski definition) is 2. The Bertz CT molecular complexity index is 391. The summed E-state index contributed by atoms with van der Waals surface area (Å²) in [7, 11) is 0. The van der Waals surface area contributed by atoms with Gasteiger partial charge in [0.1, 0.15) is 0 Å². The minimum atomic E-state index is -0.718. The minimum absolute atomic E-state index is 0.613. The van der Waals surface area contributed by atoms with Gasteiger partial charge in [-0.25, -0.2) is 0 Å². The summed E-state index contributed by atoms with van der Waals surface area (Å²) in [5.74, 6) is 0.234. The highest BCUT2D eigenvalue weighted by Crippen LogP contribution is 2.27. The van der Waals surface area contributed by atoms with Crippen molar-refractivity contribution >= 4 is 33.7 Å². The monoisotopic (exact) mass is 316 g/mol. The Hall–Kier alpha value is -0.480. The van der Waals surface area contributed by atoms with Crippen molar-refractivity contribution in [2.45, 2.75) is 31.6 Å². The molecule has 0 aromatic heterocycles. The van der Waals surface area contributed by atoms with Crippen LogP contribution in [-0.2, 0) is 4.79 Å². The molecule has 0 spiro atoms. The van der Waals surface area contributed by atoms with Gasteiger partial charge in [0.05, 0.1) is 5.41 Å². The van der Waals surface area contributed by atoms with Gasteiger partial charge in [0.25, 0.3) is 0 Å². The quantitative estimate of drug-likeness (QED) is 0.623. The number of carbonyl (C=O) groups is 1. The molecule has 94 valence electrons. The van der Waals surface area contributed by atoms with Gasteiger partial charge in [0, 0.05) is 9.37 Å². The highest BCUT2D eigenvalue weighted by molar-refractivity contribution is 9.10.